The van der Waals surface area contributed by atoms with Crippen LogP contribution in [-0.4, -0.2) is 29.7 Å². The van der Waals surface area contributed by atoms with Gasteiger partial charge in [-0.15, -0.1) is 0 Å². The maximum Gasteiger partial charge on any atom is 0.223 e. The summed E-state index contributed by atoms with van der Waals surface area (Å²) in [5.74, 6) is 0.181. The maximum absolute atomic E-state index is 13.3. The zero-order chi connectivity index (χ0) is 28.3. The highest BCUT2D eigenvalue weighted by Crippen LogP contribution is 2.23. The molecule has 2 aromatic rings. The van der Waals surface area contributed by atoms with Crippen molar-refractivity contribution in [3.63, 3.8) is 0 Å². The molecule has 1 aliphatic rings. The van der Waals surface area contributed by atoms with E-state index in [0.29, 0.717) is 30.7 Å². The van der Waals surface area contributed by atoms with Crippen LogP contribution in [-0.2, 0) is 9.59 Å². The van der Waals surface area contributed by atoms with Gasteiger partial charge in [0.15, 0.2) is 5.78 Å². The average Bonchev–Trinajstić information content (AvgIpc) is 2.98. The predicted octanol–water partition coefficient (Wildman–Crippen LogP) is 9.60. The van der Waals surface area contributed by atoms with E-state index in [1.165, 1.54) is 70.6 Å². The summed E-state index contributed by atoms with van der Waals surface area (Å²) in [6.07, 6.45) is 25.3. The van der Waals surface area contributed by atoms with Crippen LogP contribution in [0.1, 0.15) is 108 Å². The van der Waals surface area contributed by atoms with Gasteiger partial charge in [-0.2, -0.15) is 0 Å². The minimum Gasteiger partial charge on any atom is -0.334 e. The molecule has 0 aliphatic carbocycles. The second kappa shape index (κ2) is 19.0. The van der Waals surface area contributed by atoms with Crippen LogP contribution in [0.15, 0.2) is 84.0 Å². The Morgan fingerprint density at radius 3 is 1.60 bits per heavy atom. The molecule has 0 spiro atoms. The minimum absolute atomic E-state index is 0.0396. The largest absolute Gasteiger partial charge is 0.334 e. The number of carbonyl (C=O) groups is 2. The number of hydrogen-bond donors (Lipinski definition) is 0. The first kappa shape index (κ1) is 31.3. The van der Waals surface area contributed by atoms with Crippen LogP contribution in [0.2, 0.25) is 0 Å². The molecule has 0 atom stereocenters. The Hall–Kier alpha value is -3.20. The molecule has 214 valence electrons. The number of nitrogens with zero attached hydrogens (tertiary/aromatic N) is 1. The third-order valence-corrected chi connectivity index (χ3v) is 7.59. The Labute approximate surface area is 243 Å². The Balaban J connectivity index is 1.41. The van der Waals surface area contributed by atoms with E-state index >= 15 is 0 Å². The molecule has 1 aliphatic heterocycles. The van der Waals surface area contributed by atoms with Gasteiger partial charge >= 0.3 is 0 Å². The first-order chi connectivity index (χ1) is 19.7. The Kier molecular flexibility index (Phi) is 14.9. The fourth-order valence-electron chi connectivity index (χ4n) is 5.22. The first-order valence-electron chi connectivity index (χ1n) is 15.7. The Morgan fingerprint density at radius 2 is 1.10 bits per heavy atom. The van der Waals surface area contributed by atoms with Gasteiger partial charge in [0.1, 0.15) is 0 Å². The van der Waals surface area contributed by atoms with Crippen molar-refractivity contribution in [2.24, 2.45) is 0 Å². The summed E-state index contributed by atoms with van der Waals surface area (Å²) >= 11 is 0. The summed E-state index contributed by atoms with van der Waals surface area (Å²) in [6, 6.07) is 19.8. The van der Waals surface area contributed by atoms with Crippen molar-refractivity contribution in [3.8, 4) is 0 Å². The normalized spacial score (nSPS) is 15.9. The van der Waals surface area contributed by atoms with E-state index in [9.17, 15) is 9.59 Å². The summed E-state index contributed by atoms with van der Waals surface area (Å²) in [7, 11) is 0. The lowest BCUT2D eigenvalue weighted by Gasteiger charge is -2.30. The smallest absolute Gasteiger partial charge is 0.223 e. The number of likely N-dealkylation sites (tertiary alicyclic amines) is 1. The third-order valence-electron chi connectivity index (χ3n) is 7.59. The zero-order valence-electron chi connectivity index (χ0n) is 24.7. The second-order valence-corrected chi connectivity index (χ2v) is 11.1. The molecule has 3 rings (SSSR count). The molecule has 0 radical (unpaired) electrons. The van der Waals surface area contributed by atoms with Crippen LogP contribution in [0.4, 0.5) is 0 Å². The lowest BCUT2D eigenvalue weighted by molar-refractivity contribution is -0.131. The highest BCUT2D eigenvalue weighted by Gasteiger charge is 2.28. The summed E-state index contributed by atoms with van der Waals surface area (Å²) < 4.78 is 0. The van der Waals surface area contributed by atoms with E-state index in [2.05, 4.69) is 19.1 Å². The molecular weight excluding hydrogens is 490 g/mol. The molecule has 40 heavy (non-hydrogen) atoms. The van der Waals surface area contributed by atoms with Crippen molar-refractivity contribution in [1.29, 1.82) is 0 Å². The third kappa shape index (κ3) is 11.9. The quantitative estimate of drug-likeness (QED) is 0.114. The second-order valence-electron chi connectivity index (χ2n) is 11.1. The molecule has 3 heteroatoms. The van der Waals surface area contributed by atoms with Crippen molar-refractivity contribution in [2.75, 3.05) is 13.1 Å². The van der Waals surface area contributed by atoms with Gasteiger partial charge in [0.2, 0.25) is 5.91 Å². The molecule has 1 fully saturated rings. The van der Waals surface area contributed by atoms with Crippen LogP contribution in [0.5, 0.6) is 0 Å². The summed E-state index contributed by atoms with van der Waals surface area (Å²) in [5.41, 5.74) is 3.32. The zero-order valence-corrected chi connectivity index (χ0v) is 24.7. The topological polar surface area (TPSA) is 37.4 Å². The van der Waals surface area contributed by atoms with Gasteiger partial charge in [0, 0.05) is 30.7 Å². The molecule has 0 N–H and O–H groups in total. The lowest BCUT2D eigenvalue weighted by Crippen LogP contribution is -2.41. The van der Waals surface area contributed by atoms with E-state index < -0.39 is 0 Å². The molecule has 0 unspecified atom stereocenters. The fraction of sp³-hybridized carbons (Fsp3) is 0.459. The van der Waals surface area contributed by atoms with E-state index in [0.717, 1.165) is 24.0 Å². The average molecular weight is 540 g/mol. The highest BCUT2D eigenvalue weighted by atomic mass is 16.2. The van der Waals surface area contributed by atoms with Gasteiger partial charge in [-0.05, 0) is 55.4 Å². The SMILES string of the molecule is CCCCCCCC/C=C\CCCCCCCC(=O)N1C/C(=C\c2ccccc2)C(=O)/C(=C/c2ccccc2)C1. The van der Waals surface area contributed by atoms with Crippen LogP contribution in [0.3, 0.4) is 0 Å². The molecule has 1 amide bonds. The molecule has 0 saturated carbocycles. The lowest BCUT2D eigenvalue weighted by atomic mass is 9.94. The number of hydrogen-bond acceptors (Lipinski definition) is 2. The van der Waals surface area contributed by atoms with Gasteiger partial charge in [-0.1, -0.05) is 131 Å². The monoisotopic (exact) mass is 539 g/mol. The number of allylic oxidation sites excluding steroid dienone is 2. The maximum atomic E-state index is 13.3. The summed E-state index contributed by atoms with van der Waals surface area (Å²) in [4.78, 5) is 28.4. The number of piperidine rings is 1. The molecule has 3 nitrogen and oxygen atoms in total. The number of benzene rings is 2. The van der Waals surface area contributed by atoms with Crippen LogP contribution >= 0.6 is 0 Å². The van der Waals surface area contributed by atoms with Crippen LogP contribution in [0.25, 0.3) is 12.2 Å². The van der Waals surface area contributed by atoms with Gasteiger partial charge in [0.05, 0.1) is 0 Å². The molecule has 1 heterocycles. The van der Waals surface area contributed by atoms with Crippen molar-refractivity contribution < 1.29 is 9.59 Å². The minimum atomic E-state index is 0.0396. The highest BCUT2D eigenvalue weighted by molar-refractivity contribution is 6.15. The number of rotatable bonds is 17. The van der Waals surface area contributed by atoms with Gasteiger partial charge < -0.3 is 4.90 Å². The fourth-order valence-corrected chi connectivity index (χ4v) is 5.22. The van der Waals surface area contributed by atoms with E-state index in [-0.39, 0.29) is 11.7 Å². The van der Waals surface area contributed by atoms with Gasteiger partial charge in [-0.25, -0.2) is 0 Å². The van der Waals surface area contributed by atoms with E-state index in [1.807, 2.05) is 77.7 Å². The first-order valence-corrected chi connectivity index (χ1v) is 15.7. The Bertz CT molecular complexity index is 1040. The van der Waals surface area contributed by atoms with Crippen molar-refractivity contribution >= 4 is 23.8 Å². The molecule has 1 saturated heterocycles. The molecule has 0 bridgehead atoms. The van der Waals surface area contributed by atoms with E-state index in [4.69, 9.17) is 0 Å². The number of amides is 1. The van der Waals surface area contributed by atoms with Crippen LogP contribution < -0.4 is 0 Å². The van der Waals surface area contributed by atoms with E-state index in [1.54, 1.807) is 0 Å². The number of ketones is 1. The molecule has 0 aromatic heterocycles. The molecule has 2 aromatic carbocycles. The Morgan fingerprint density at radius 1 is 0.650 bits per heavy atom. The molecular formula is C37H49NO2. The number of carbonyl (C=O) groups excluding carboxylic acids is 2. The van der Waals surface area contributed by atoms with Crippen molar-refractivity contribution in [1.82, 2.24) is 4.90 Å². The number of unbranched alkanes of at least 4 members (excludes halogenated alkanes) is 11. The van der Waals surface area contributed by atoms with Crippen LogP contribution in [0, 0.1) is 0 Å². The van der Waals surface area contributed by atoms with Gasteiger partial charge in [0.25, 0.3) is 0 Å². The standard InChI is InChI=1S/C37H49NO2/c1-2-3-4-5-6-7-8-9-10-11-12-13-14-15-22-27-36(39)38-30-34(28-32-23-18-16-19-24-32)37(40)35(31-38)29-33-25-20-17-21-26-33/h9-10,16-21,23-26,28-29H,2-8,11-15,22,27,30-31H2,1H3/b10-9-,34-28+,35-29+. The van der Waals surface area contributed by atoms with Gasteiger partial charge in [-0.3, -0.25) is 9.59 Å². The number of Topliss-reactive ketones (excluding diaryl/α,β-unsaturated/α-hetero) is 1. The summed E-state index contributed by atoms with van der Waals surface area (Å²) in [5, 5.41) is 0. The van der Waals surface area contributed by atoms with Crippen molar-refractivity contribution in [2.45, 2.75) is 96.8 Å². The predicted molar refractivity (Wildman–Crippen MR) is 170 cm³/mol. The van der Waals surface area contributed by atoms with Crippen molar-refractivity contribution in [3.05, 3.63) is 95.1 Å². The summed E-state index contributed by atoms with van der Waals surface area (Å²) in [6.45, 7) is 3.02.